The Kier molecular flexibility index (Phi) is 5.81. The Bertz CT molecular complexity index is 929. The van der Waals surface area contributed by atoms with E-state index in [9.17, 15) is 9.59 Å². The SMILES string of the molecule is Cc1cc(/C=C\C(=O)N2CSC[C@@H]2C(=O)N2CCCC2)c(C)n1-c1ccccc1. The molecule has 0 radical (unpaired) electrons. The summed E-state index contributed by atoms with van der Waals surface area (Å²) < 4.78 is 2.19. The maximum Gasteiger partial charge on any atom is 0.247 e. The van der Waals surface area contributed by atoms with E-state index in [4.69, 9.17) is 0 Å². The molecule has 0 spiro atoms. The third kappa shape index (κ3) is 3.99. The maximum atomic E-state index is 12.9. The van der Waals surface area contributed by atoms with E-state index >= 15 is 0 Å². The normalized spacial score (nSPS) is 19.4. The Morgan fingerprint density at radius 2 is 1.83 bits per heavy atom. The van der Waals surface area contributed by atoms with Crippen LogP contribution in [-0.2, 0) is 9.59 Å². The number of likely N-dealkylation sites (tertiary alicyclic amines) is 1. The van der Waals surface area contributed by atoms with Crippen molar-refractivity contribution in [1.29, 1.82) is 0 Å². The van der Waals surface area contributed by atoms with Crippen LogP contribution in [0.1, 0.15) is 29.8 Å². The highest BCUT2D eigenvalue weighted by molar-refractivity contribution is 7.99. The largest absolute Gasteiger partial charge is 0.341 e. The highest BCUT2D eigenvalue weighted by Gasteiger charge is 2.36. The molecule has 0 N–H and O–H groups in total. The zero-order valence-corrected chi connectivity index (χ0v) is 17.8. The second-order valence-corrected chi connectivity index (χ2v) is 8.69. The number of amides is 2. The number of rotatable bonds is 4. The summed E-state index contributed by atoms with van der Waals surface area (Å²) in [5, 5.41) is 0. The molecule has 0 bridgehead atoms. The molecule has 152 valence electrons. The summed E-state index contributed by atoms with van der Waals surface area (Å²) in [5.74, 6) is 1.29. The summed E-state index contributed by atoms with van der Waals surface area (Å²) in [5.41, 5.74) is 4.35. The first kappa shape index (κ1) is 19.8. The van der Waals surface area contributed by atoms with Crippen LogP contribution in [0.4, 0.5) is 0 Å². The van der Waals surface area contributed by atoms with Crippen LogP contribution in [-0.4, -0.2) is 56.9 Å². The van der Waals surface area contributed by atoms with E-state index in [2.05, 4.69) is 36.6 Å². The number of benzene rings is 1. The molecule has 29 heavy (non-hydrogen) atoms. The van der Waals surface area contributed by atoms with Crippen LogP contribution in [0.5, 0.6) is 0 Å². The average Bonchev–Trinajstić information content (AvgIpc) is 3.47. The molecule has 1 atom stereocenters. The Labute approximate surface area is 176 Å². The van der Waals surface area contributed by atoms with Gasteiger partial charge in [0.15, 0.2) is 0 Å². The van der Waals surface area contributed by atoms with Gasteiger partial charge in [0.05, 0.1) is 5.88 Å². The standard InChI is InChI=1S/C23H27N3O2S/c1-17-14-19(18(2)26(17)20-8-4-3-5-9-20)10-11-22(27)25-16-29-15-21(25)23(28)24-12-6-7-13-24/h3-5,8-11,14,21H,6-7,12-13,15-16H2,1-2H3/b11-10-/t21-/m1/s1. The molecule has 3 heterocycles. The maximum absolute atomic E-state index is 12.9. The van der Waals surface area contributed by atoms with Crippen molar-refractivity contribution in [2.75, 3.05) is 24.7 Å². The smallest absolute Gasteiger partial charge is 0.247 e. The first-order valence-corrected chi connectivity index (χ1v) is 11.3. The van der Waals surface area contributed by atoms with Crippen molar-refractivity contribution in [3.63, 3.8) is 0 Å². The monoisotopic (exact) mass is 409 g/mol. The molecule has 2 saturated heterocycles. The Morgan fingerprint density at radius 3 is 2.55 bits per heavy atom. The third-order valence-corrected chi connectivity index (χ3v) is 6.77. The molecule has 1 aromatic carbocycles. The van der Waals surface area contributed by atoms with Crippen LogP contribution >= 0.6 is 11.8 Å². The topological polar surface area (TPSA) is 45.6 Å². The highest BCUT2D eigenvalue weighted by Crippen LogP contribution is 2.25. The molecule has 5 nitrogen and oxygen atoms in total. The second kappa shape index (κ2) is 8.49. The molecule has 0 aliphatic carbocycles. The molecule has 1 aromatic heterocycles. The molecule has 2 aliphatic heterocycles. The number of hydrogen-bond acceptors (Lipinski definition) is 3. The minimum absolute atomic E-state index is 0.0861. The summed E-state index contributed by atoms with van der Waals surface area (Å²) >= 11 is 1.65. The molecule has 0 saturated carbocycles. The van der Waals surface area contributed by atoms with Gasteiger partial charge in [-0.3, -0.25) is 9.59 Å². The number of aromatic nitrogens is 1. The van der Waals surface area contributed by atoms with Gasteiger partial charge < -0.3 is 14.4 Å². The minimum Gasteiger partial charge on any atom is -0.341 e. The molecule has 2 amide bonds. The molecule has 2 aromatic rings. The van der Waals surface area contributed by atoms with Gasteiger partial charge in [-0.1, -0.05) is 18.2 Å². The van der Waals surface area contributed by atoms with Crippen LogP contribution < -0.4 is 0 Å². The first-order chi connectivity index (χ1) is 14.1. The van der Waals surface area contributed by atoms with Crippen LogP contribution in [0.25, 0.3) is 11.8 Å². The number of nitrogens with zero attached hydrogens (tertiary/aromatic N) is 3. The number of carbonyl (C=O) groups excluding carboxylic acids is 2. The summed E-state index contributed by atoms with van der Waals surface area (Å²) in [6.07, 6.45) is 5.63. The van der Waals surface area contributed by atoms with E-state index in [1.165, 1.54) is 0 Å². The number of aryl methyl sites for hydroxylation is 1. The fourth-order valence-corrected chi connectivity index (χ4v) is 5.36. The van der Waals surface area contributed by atoms with Gasteiger partial charge >= 0.3 is 0 Å². The highest BCUT2D eigenvalue weighted by atomic mass is 32.2. The fourth-order valence-electron chi connectivity index (χ4n) is 4.20. The number of thioether (sulfide) groups is 1. The lowest BCUT2D eigenvalue weighted by atomic mass is 10.2. The van der Waals surface area contributed by atoms with Crippen molar-refractivity contribution in [3.05, 3.63) is 59.4 Å². The second-order valence-electron chi connectivity index (χ2n) is 7.69. The number of para-hydroxylation sites is 1. The van der Waals surface area contributed by atoms with Crippen LogP contribution in [0, 0.1) is 13.8 Å². The summed E-state index contributed by atoms with van der Waals surface area (Å²) in [6.45, 7) is 5.78. The van der Waals surface area contributed by atoms with Crippen molar-refractivity contribution in [2.45, 2.75) is 32.7 Å². The van der Waals surface area contributed by atoms with Gasteiger partial charge in [-0.05, 0) is 56.5 Å². The lowest BCUT2D eigenvalue weighted by Gasteiger charge is -2.26. The van der Waals surface area contributed by atoms with E-state index in [0.717, 1.165) is 48.6 Å². The fraction of sp³-hybridized carbons (Fsp3) is 0.391. The average molecular weight is 410 g/mol. The van der Waals surface area contributed by atoms with E-state index in [0.29, 0.717) is 11.6 Å². The first-order valence-electron chi connectivity index (χ1n) is 10.2. The van der Waals surface area contributed by atoms with E-state index in [-0.39, 0.29) is 17.9 Å². The number of hydrogen-bond donors (Lipinski definition) is 0. The Hall–Kier alpha value is -2.47. The summed E-state index contributed by atoms with van der Waals surface area (Å²) in [7, 11) is 0. The zero-order chi connectivity index (χ0) is 20.4. The predicted molar refractivity (Wildman–Crippen MR) is 118 cm³/mol. The van der Waals surface area contributed by atoms with Gasteiger partial charge in [-0.15, -0.1) is 11.8 Å². The number of carbonyl (C=O) groups is 2. The van der Waals surface area contributed by atoms with Crippen LogP contribution in [0.3, 0.4) is 0 Å². The van der Waals surface area contributed by atoms with Gasteiger partial charge in [-0.25, -0.2) is 0 Å². The lowest BCUT2D eigenvalue weighted by molar-refractivity contribution is -0.140. The van der Waals surface area contributed by atoms with Crippen molar-refractivity contribution >= 4 is 29.7 Å². The van der Waals surface area contributed by atoms with Crippen LogP contribution in [0.2, 0.25) is 0 Å². The van der Waals surface area contributed by atoms with Gasteiger partial charge in [0.1, 0.15) is 6.04 Å². The summed E-state index contributed by atoms with van der Waals surface area (Å²) in [4.78, 5) is 29.3. The Morgan fingerprint density at radius 1 is 1.10 bits per heavy atom. The molecule has 6 heteroatoms. The summed E-state index contributed by atoms with van der Waals surface area (Å²) in [6, 6.07) is 12.0. The molecule has 2 fully saturated rings. The van der Waals surface area contributed by atoms with Gasteiger partial charge in [-0.2, -0.15) is 0 Å². The van der Waals surface area contributed by atoms with E-state index in [1.54, 1.807) is 22.7 Å². The Balaban J connectivity index is 1.50. The van der Waals surface area contributed by atoms with Crippen molar-refractivity contribution in [3.8, 4) is 5.69 Å². The van der Waals surface area contributed by atoms with Crippen molar-refractivity contribution in [2.24, 2.45) is 0 Å². The third-order valence-electron chi connectivity index (χ3n) is 5.76. The van der Waals surface area contributed by atoms with Gasteiger partial charge in [0.25, 0.3) is 0 Å². The van der Waals surface area contributed by atoms with E-state index < -0.39 is 0 Å². The van der Waals surface area contributed by atoms with Gasteiger partial charge in [0, 0.05) is 42.0 Å². The predicted octanol–water partition coefficient (Wildman–Crippen LogP) is 3.63. The van der Waals surface area contributed by atoms with Crippen molar-refractivity contribution < 1.29 is 9.59 Å². The van der Waals surface area contributed by atoms with Crippen LogP contribution in [0.15, 0.2) is 42.5 Å². The zero-order valence-electron chi connectivity index (χ0n) is 17.0. The van der Waals surface area contributed by atoms with E-state index in [1.807, 2.05) is 29.2 Å². The quantitative estimate of drug-likeness (QED) is 0.725. The molecule has 0 unspecified atom stereocenters. The molecule has 4 rings (SSSR count). The minimum atomic E-state index is -0.327. The lowest BCUT2D eigenvalue weighted by Crippen LogP contribution is -2.47. The van der Waals surface area contributed by atoms with Crippen molar-refractivity contribution in [1.82, 2.24) is 14.4 Å². The van der Waals surface area contributed by atoms with Gasteiger partial charge in [0.2, 0.25) is 11.8 Å². The molecule has 2 aliphatic rings. The molecular weight excluding hydrogens is 382 g/mol. The molecular formula is C23H27N3O2S.